The van der Waals surface area contributed by atoms with Crippen LogP contribution in [0.4, 0.5) is 5.13 Å². The predicted octanol–water partition coefficient (Wildman–Crippen LogP) is 4.08. The van der Waals surface area contributed by atoms with Gasteiger partial charge >= 0.3 is 0 Å². The maximum Gasteiger partial charge on any atom is 0.287 e. The summed E-state index contributed by atoms with van der Waals surface area (Å²) in [6, 6.07) is 2.12. The fourth-order valence-electron chi connectivity index (χ4n) is 2.70. The topological polar surface area (TPSA) is 88.2 Å². The minimum atomic E-state index is -0.537. The lowest BCUT2D eigenvalue weighted by molar-refractivity contribution is -0.137. The molecule has 0 fully saturated rings. The van der Waals surface area contributed by atoms with E-state index in [-0.39, 0.29) is 18.1 Å². The second-order valence-electron chi connectivity index (χ2n) is 6.33. The molecule has 2 N–H and O–H groups in total. The van der Waals surface area contributed by atoms with Gasteiger partial charge in [0.2, 0.25) is 11.7 Å². The van der Waals surface area contributed by atoms with E-state index in [1.165, 1.54) is 28.1 Å². The van der Waals surface area contributed by atoms with E-state index < -0.39 is 5.91 Å². The summed E-state index contributed by atoms with van der Waals surface area (Å²) in [4.78, 5) is 41.5. The summed E-state index contributed by atoms with van der Waals surface area (Å²) in [7, 11) is 1.45. The lowest BCUT2D eigenvalue weighted by atomic mass is 10.1. The number of ketones is 1. The minimum Gasteiger partial charge on any atom is -0.353 e. The Bertz CT molecular complexity index is 811. The van der Waals surface area contributed by atoms with E-state index in [1.54, 1.807) is 11.3 Å². The zero-order valence-electron chi connectivity index (χ0n) is 15.9. The van der Waals surface area contributed by atoms with Crippen LogP contribution >= 0.6 is 22.7 Å². The third kappa shape index (κ3) is 6.55. The number of carbonyl (C=O) groups is 3. The number of aromatic nitrogens is 1. The maximum absolute atomic E-state index is 12.0. The number of thiophene rings is 1. The Hall–Kier alpha value is -2.06. The van der Waals surface area contributed by atoms with E-state index >= 15 is 0 Å². The van der Waals surface area contributed by atoms with Crippen molar-refractivity contribution in [2.45, 2.75) is 52.4 Å². The number of rotatable bonds is 10. The summed E-state index contributed by atoms with van der Waals surface area (Å²) in [6.07, 6.45) is 3.79. The number of anilines is 1. The van der Waals surface area contributed by atoms with Crippen LogP contribution in [0.2, 0.25) is 0 Å². The quantitative estimate of drug-likeness (QED) is 0.459. The maximum atomic E-state index is 12.0. The number of thiazole rings is 1. The number of likely N-dealkylation sites (N-methyl/N-ethyl adjacent to an activating group) is 1. The van der Waals surface area contributed by atoms with Gasteiger partial charge in [-0.05, 0) is 32.8 Å². The zero-order chi connectivity index (χ0) is 19.8. The van der Waals surface area contributed by atoms with Crippen molar-refractivity contribution in [2.75, 3.05) is 12.4 Å². The van der Waals surface area contributed by atoms with E-state index in [0.29, 0.717) is 18.0 Å². The highest BCUT2D eigenvalue weighted by molar-refractivity contribution is 7.14. The first-order valence-electron chi connectivity index (χ1n) is 8.98. The molecule has 0 saturated heterocycles. The van der Waals surface area contributed by atoms with Crippen LogP contribution in [-0.2, 0) is 14.4 Å². The highest BCUT2D eigenvalue weighted by Gasteiger charge is 2.12. The highest BCUT2D eigenvalue weighted by Crippen LogP contribution is 2.32. The number of amides is 2. The summed E-state index contributed by atoms with van der Waals surface area (Å²) in [5.74, 6) is -0.966. The monoisotopic (exact) mass is 407 g/mol. The van der Waals surface area contributed by atoms with E-state index in [0.717, 1.165) is 30.5 Å². The number of Topliss-reactive ketones (excluding diaryl/α,β-unsaturated/α-hetero) is 1. The van der Waals surface area contributed by atoms with Gasteiger partial charge in [0, 0.05) is 40.6 Å². The number of nitrogens with zero attached hydrogens (tertiary/aromatic N) is 1. The van der Waals surface area contributed by atoms with E-state index in [4.69, 9.17) is 0 Å². The minimum absolute atomic E-state index is 0.0458. The molecule has 0 unspecified atom stereocenters. The molecule has 8 heteroatoms. The lowest BCUT2D eigenvalue weighted by Crippen LogP contribution is -2.27. The van der Waals surface area contributed by atoms with Crippen molar-refractivity contribution in [3.8, 4) is 11.3 Å². The van der Waals surface area contributed by atoms with Crippen LogP contribution in [0.1, 0.15) is 48.3 Å². The van der Waals surface area contributed by atoms with Crippen molar-refractivity contribution < 1.29 is 14.4 Å². The Balaban J connectivity index is 1.67. The summed E-state index contributed by atoms with van der Waals surface area (Å²) >= 11 is 3.18. The number of carbonyl (C=O) groups excluding carboxylic acids is 3. The van der Waals surface area contributed by atoms with Gasteiger partial charge in [-0.15, -0.1) is 22.7 Å². The first kappa shape index (κ1) is 21.2. The lowest BCUT2D eigenvalue weighted by Gasteiger charge is -2.02. The molecule has 2 aromatic rings. The van der Waals surface area contributed by atoms with Gasteiger partial charge < -0.3 is 10.6 Å². The van der Waals surface area contributed by atoms with Gasteiger partial charge in [0.05, 0.1) is 5.69 Å². The fraction of sp³-hybridized carbons (Fsp3) is 0.474. The molecule has 0 atom stereocenters. The molecule has 0 aliphatic heterocycles. The molecule has 0 radical (unpaired) electrons. The molecule has 2 amide bonds. The van der Waals surface area contributed by atoms with E-state index in [2.05, 4.69) is 35.5 Å². The number of aryl methyl sites for hydroxylation is 2. The van der Waals surface area contributed by atoms with Gasteiger partial charge in [0.1, 0.15) is 0 Å². The summed E-state index contributed by atoms with van der Waals surface area (Å²) in [5.41, 5.74) is 2.03. The summed E-state index contributed by atoms with van der Waals surface area (Å²) in [5, 5.41) is 7.77. The molecule has 0 bridgehead atoms. The molecular weight excluding hydrogens is 382 g/mol. The number of nitrogens with one attached hydrogen (secondary N) is 2. The van der Waals surface area contributed by atoms with Crippen LogP contribution in [0, 0.1) is 13.8 Å². The SMILES string of the molecule is CNC(=O)C(=O)CCCCCCC(=O)Nc1nc(-c2cc(C)sc2C)cs1. The molecule has 0 aromatic carbocycles. The fourth-order valence-corrected chi connectivity index (χ4v) is 4.36. The smallest absolute Gasteiger partial charge is 0.287 e. The molecule has 0 aliphatic carbocycles. The first-order valence-corrected chi connectivity index (χ1v) is 10.7. The molecule has 0 spiro atoms. The number of hydrogen-bond donors (Lipinski definition) is 2. The van der Waals surface area contributed by atoms with Crippen LogP contribution in [-0.4, -0.2) is 29.6 Å². The zero-order valence-corrected chi connectivity index (χ0v) is 17.5. The summed E-state index contributed by atoms with van der Waals surface area (Å²) < 4.78 is 0. The van der Waals surface area contributed by atoms with Gasteiger partial charge in [-0.1, -0.05) is 12.8 Å². The molecule has 2 aromatic heterocycles. The van der Waals surface area contributed by atoms with Gasteiger partial charge in [-0.2, -0.15) is 0 Å². The van der Waals surface area contributed by atoms with Gasteiger partial charge in [-0.3, -0.25) is 14.4 Å². The second kappa shape index (κ2) is 10.3. The Morgan fingerprint density at radius 2 is 1.78 bits per heavy atom. The van der Waals surface area contributed by atoms with Crippen molar-refractivity contribution in [1.82, 2.24) is 10.3 Å². The van der Waals surface area contributed by atoms with Crippen molar-refractivity contribution in [3.63, 3.8) is 0 Å². The average Bonchev–Trinajstić information content (AvgIpc) is 3.22. The molecular formula is C19H25N3O3S2. The van der Waals surface area contributed by atoms with Crippen LogP contribution in [0.25, 0.3) is 11.3 Å². The second-order valence-corrected chi connectivity index (χ2v) is 8.65. The van der Waals surface area contributed by atoms with Crippen LogP contribution < -0.4 is 10.6 Å². The highest BCUT2D eigenvalue weighted by atomic mass is 32.1. The molecule has 27 heavy (non-hydrogen) atoms. The molecule has 0 saturated carbocycles. The number of hydrogen-bond acceptors (Lipinski definition) is 6. The molecule has 6 nitrogen and oxygen atoms in total. The van der Waals surface area contributed by atoms with Crippen molar-refractivity contribution >= 4 is 45.4 Å². The predicted molar refractivity (Wildman–Crippen MR) is 110 cm³/mol. The van der Waals surface area contributed by atoms with Crippen molar-refractivity contribution in [2.24, 2.45) is 0 Å². The van der Waals surface area contributed by atoms with E-state index in [9.17, 15) is 14.4 Å². The van der Waals surface area contributed by atoms with Crippen molar-refractivity contribution in [1.29, 1.82) is 0 Å². The average molecular weight is 408 g/mol. The van der Waals surface area contributed by atoms with Gasteiger partial charge in [-0.25, -0.2) is 4.98 Å². The Kier molecular flexibility index (Phi) is 8.12. The van der Waals surface area contributed by atoms with Crippen LogP contribution in [0.3, 0.4) is 0 Å². The first-order chi connectivity index (χ1) is 12.9. The van der Waals surface area contributed by atoms with Gasteiger partial charge in [0.15, 0.2) is 5.13 Å². The van der Waals surface area contributed by atoms with Crippen molar-refractivity contribution in [3.05, 3.63) is 21.2 Å². The summed E-state index contributed by atoms with van der Waals surface area (Å²) in [6.45, 7) is 4.15. The Labute approximate surface area is 167 Å². The van der Waals surface area contributed by atoms with Crippen LogP contribution in [0.15, 0.2) is 11.4 Å². The largest absolute Gasteiger partial charge is 0.353 e. The number of unbranched alkanes of at least 4 members (excludes halogenated alkanes) is 3. The molecule has 2 heterocycles. The van der Waals surface area contributed by atoms with E-state index in [1.807, 2.05) is 5.38 Å². The van der Waals surface area contributed by atoms with Crippen LogP contribution in [0.5, 0.6) is 0 Å². The third-order valence-corrected chi connectivity index (χ3v) is 5.83. The Morgan fingerprint density at radius 1 is 1.07 bits per heavy atom. The molecule has 2 rings (SSSR count). The molecule has 146 valence electrons. The molecule has 0 aliphatic rings. The Morgan fingerprint density at radius 3 is 2.41 bits per heavy atom. The van der Waals surface area contributed by atoms with Gasteiger partial charge in [0.25, 0.3) is 5.91 Å². The standard InChI is InChI=1S/C19H25N3O3S2/c1-12-10-14(13(2)27-12)15-11-26-19(21-15)22-17(24)9-7-5-4-6-8-16(23)18(25)20-3/h10-11H,4-9H2,1-3H3,(H,20,25)(H,21,22,24). The third-order valence-electron chi connectivity index (χ3n) is 4.11. The normalized spacial score (nSPS) is 10.6.